The molecule has 14 heavy (non-hydrogen) atoms. The quantitative estimate of drug-likeness (QED) is 0.817. The maximum Gasteiger partial charge on any atom is 0.151 e. The van der Waals surface area contributed by atoms with Gasteiger partial charge in [0.25, 0.3) is 0 Å². The summed E-state index contributed by atoms with van der Waals surface area (Å²) < 4.78 is 5.96. The lowest BCUT2D eigenvalue weighted by molar-refractivity contribution is 0.238. The van der Waals surface area contributed by atoms with Crippen LogP contribution in [0.3, 0.4) is 0 Å². The number of aromatic nitrogens is 1. The number of halogens is 1. The van der Waals surface area contributed by atoms with E-state index in [-0.39, 0.29) is 0 Å². The molecule has 1 aromatic heterocycles. The van der Waals surface area contributed by atoms with E-state index in [1.165, 1.54) is 38.8 Å². The molecule has 3 nitrogen and oxygen atoms in total. The van der Waals surface area contributed by atoms with E-state index in [0.29, 0.717) is 0 Å². The average molecular weight is 259 g/mol. The molecule has 1 saturated heterocycles. The summed E-state index contributed by atoms with van der Waals surface area (Å²) in [4.78, 5) is 2.44. The first-order valence-corrected chi connectivity index (χ1v) is 5.97. The Balaban J connectivity index is 1.89. The Hall–Kier alpha value is -0.350. The zero-order valence-electron chi connectivity index (χ0n) is 8.21. The van der Waals surface area contributed by atoms with Gasteiger partial charge in [0.2, 0.25) is 0 Å². The molecule has 2 heterocycles. The molecule has 1 aliphatic rings. The Morgan fingerprint density at radius 2 is 2.00 bits per heavy atom. The van der Waals surface area contributed by atoms with Crippen LogP contribution in [-0.4, -0.2) is 23.1 Å². The second kappa shape index (κ2) is 4.94. The van der Waals surface area contributed by atoms with Crippen molar-refractivity contribution in [3.05, 3.63) is 16.4 Å². The van der Waals surface area contributed by atoms with E-state index in [2.05, 4.69) is 26.0 Å². The molecule has 1 fully saturated rings. The molecule has 2 rings (SSSR count). The second-order valence-electron chi connectivity index (χ2n) is 3.81. The smallest absolute Gasteiger partial charge is 0.151 e. The summed E-state index contributed by atoms with van der Waals surface area (Å²) in [5, 5.41) is 3.82. The number of likely N-dealkylation sites (tertiary alicyclic amines) is 1. The summed E-state index contributed by atoms with van der Waals surface area (Å²) in [6, 6.07) is 1.95. The first-order valence-electron chi connectivity index (χ1n) is 5.18. The molecule has 4 heteroatoms. The van der Waals surface area contributed by atoms with E-state index in [9.17, 15) is 0 Å². The monoisotopic (exact) mass is 258 g/mol. The van der Waals surface area contributed by atoms with Crippen LogP contribution in [-0.2, 0) is 6.54 Å². The van der Waals surface area contributed by atoms with Crippen LogP contribution in [0.1, 0.15) is 31.4 Å². The molecular formula is C10H15BrN2O. The SMILES string of the molecule is Brc1cc(CN2CCCCCC2)on1. The maximum absolute atomic E-state index is 5.17. The first kappa shape index (κ1) is 10.2. The number of nitrogens with zero attached hydrogens (tertiary/aromatic N) is 2. The second-order valence-corrected chi connectivity index (χ2v) is 4.62. The lowest BCUT2D eigenvalue weighted by atomic mass is 10.2. The van der Waals surface area contributed by atoms with Gasteiger partial charge in [0.05, 0.1) is 6.54 Å². The van der Waals surface area contributed by atoms with E-state index in [0.717, 1.165) is 16.9 Å². The van der Waals surface area contributed by atoms with E-state index in [4.69, 9.17) is 4.52 Å². The van der Waals surface area contributed by atoms with Crippen molar-refractivity contribution in [2.24, 2.45) is 0 Å². The van der Waals surface area contributed by atoms with E-state index in [1.807, 2.05) is 6.07 Å². The summed E-state index contributed by atoms with van der Waals surface area (Å²) in [5.74, 6) is 0.957. The summed E-state index contributed by atoms with van der Waals surface area (Å²) in [5.41, 5.74) is 0. The van der Waals surface area contributed by atoms with Gasteiger partial charge in [0.1, 0.15) is 4.60 Å². The van der Waals surface area contributed by atoms with Crippen molar-refractivity contribution in [2.75, 3.05) is 13.1 Å². The van der Waals surface area contributed by atoms with Crippen molar-refractivity contribution >= 4 is 15.9 Å². The Kier molecular flexibility index (Phi) is 3.59. The minimum Gasteiger partial charge on any atom is -0.359 e. The molecule has 0 bridgehead atoms. The fourth-order valence-electron chi connectivity index (χ4n) is 1.88. The summed E-state index contributed by atoms with van der Waals surface area (Å²) >= 11 is 3.29. The highest BCUT2D eigenvalue weighted by Crippen LogP contribution is 2.15. The fourth-order valence-corrected chi connectivity index (χ4v) is 2.20. The Morgan fingerprint density at radius 3 is 2.57 bits per heavy atom. The highest BCUT2D eigenvalue weighted by Gasteiger charge is 2.11. The molecule has 0 radical (unpaired) electrons. The first-order chi connectivity index (χ1) is 6.84. The zero-order valence-corrected chi connectivity index (χ0v) is 9.79. The standard InChI is InChI=1S/C10H15BrN2O/c11-10-7-9(14-12-10)8-13-5-3-1-2-4-6-13/h7H,1-6,8H2. The van der Waals surface area contributed by atoms with Gasteiger partial charge in [-0.2, -0.15) is 0 Å². The lowest BCUT2D eigenvalue weighted by Crippen LogP contribution is -2.23. The van der Waals surface area contributed by atoms with E-state index in [1.54, 1.807) is 0 Å². The van der Waals surface area contributed by atoms with Gasteiger partial charge in [0.15, 0.2) is 5.76 Å². The molecule has 0 spiro atoms. The molecule has 0 atom stereocenters. The summed E-state index contributed by atoms with van der Waals surface area (Å²) in [6.45, 7) is 3.29. The summed E-state index contributed by atoms with van der Waals surface area (Å²) in [6.07, 6.45) is 5.37. The van der Waals surface area contributed by atoms with Gasteiger partial charge in [-0.3, -0.25) is 4.90 Å². The molecule has 0 N–H and O–H groups in total. The van der Waals surface area contributed by atoms with Crippen molar-refractivity contribution in [3.63, 3.8) is 0 Å². The van der Waals surface area contributed by atoms with Gasteiger partial charge in [-0.05, 0) is 41.9 Å². The summed E-state index contributed by atoms with van der Waals surface area (Å²) in [7, 11) is 0. The molecule has 1 aromatic rings. The van der Waals surface area contributed by atoms with E-state index < -0.39 is 0 Å². The van der Waals surface area contributed by atoms with Gasteiger partial charge in [-0.15, -0.1) is 0 Å². The van der Waals surface area contributed by atoms with E-state index >= 15 is 0 Å². The highest BCUT2D eigenvalue weighted by atomic mass is 79.9. The predicted molar refractivity (Wildman–Crippen MR) is 57.9 cm³/mol. The normalized spacial score (nSPS) is 19.5. The van der Waals surface area contributed by atoms with Crippen molar-refractivity contribution in [1.82, 2.24) is 10.1 Å². The molecule has 0 saturated carbocycles. The van der Waals surface area contributed by atoms with Crippen molar-refractivity contribution < 1.29 is 4.52 Å². The zero-order chi connectivity index (χ0) is 9.80. The molecular weight excluding hydrogens is 244 g/mol. The maximum atomic E-state index is 5.17. The fraction of sp³-hybridized carbons (Fsp3) is 0.700. The van der Waals surface area contributed by atoms with Gasteiger partial charge in [0, 0.05) is 6.07 Å². The van der Waals surface area contributed by atoms with Crippen LogP contribution in [0.15, 0.2) is 15.2 Å². The Morgan fingerprint density at radius 1 is 1.29 bits per heavy atom. The average Bonchev–Trinajstić information content (AvgIpc) is 2.43. The number of rotatable bonds is 2. The molecule has 0 amide bonds. The minimum atomic E-state index is 0.794. The van der Waals surface area contributed by atoms with Crippen LogP contribution in [0.2, 0.25) is 0 Å². The molecule has 0 aromatic carbocycles. The van der Waals surface area contributed by atoms with Crippen LogP contribution in [0.5, 0.6) is 0 Å². The van der Waals surface area contributed by atoms with Gasteiger partial charge < -0.3 is 4.52 Å². The number of hydrogen-bond donors (Lipinski definition) is 0. The van der Waals surface area contributed by atoms with Crippen LogP contribution < -0.4 is 0 Å². The van der Waals surface area contributed by atoms with Crippen molar-refractivity contribution in [3.8, 4) is 0 Å². The van der Waals surface area contributed by atoms with Crippen LogP contribution in [0.25, 0.3) is 0 Å². The topological polar surface area (TPSA) is 29.3 Å². The Labute approximate surface area is 92.6 Å². The molecule has 1 aliphatic heterocycles. The van der Waals surface area contributed by atoms with Crippen LogP contribution in [0.4, 0.5) is 0 Å². The van der Waals surface area contributed by atoms with Crippen LogP contribution in [0, 0.1) is 0 Å². The lowest BCUT2D eigenvalue weighted by Gasteiger charge is -2.17. The van der Waals surface area contributed by atoms with Gasteiger partial charge in [-0.1, -0.05) is 18.0 Å². The van der Waals surface area contributed by atoms with Crippen molar-refractivity contribution in [2.45, 2.75) is 32.2 Å². The Bertz CT molecular complexity index is 279. The largest absolute Gasteiger partial charge is 0.359 e. The number of hydrogen-bond acceptors (Lipinski definition) is 3. The van der Waals surface area contributed by atoms with Gasteiger partial charge >= 0.3 is 0 Å². The van der Waals surface area contributed by atoms with Crippen molar-refractivity contribution in [1.29, 1.82) is 0 Å². The van der Waals surface area contributed by atoms with Gasteiger partial charge in [-0.25, -0.2) is 0 Å². The third-order valence-corrected chi connectivity index (χ3v) is 2.98. The third-order valence-electron chi connectivity index (χ3n) is 2.61. The minimum absolute atomic E-state index is 0.794. The molecule has 0 aliphatic carbocycles. The van der Waals surface area contributed by atoms with Crippen LogP contribution >= 0.6 is 15.9 Å². The molecule has 78 valence electrons. The molecule has 0 unspecified atom stereocenters. The third kappa shape index (κ3) is 2.82. The predicted octanol–water partition coefficient (Wildman–Crippen LogP) is 2.81. The highest BCUT2D eigenvalue weighted by molar-refractivity contribution is 9.10.